The zero-order chi connectivity index (χ0) is 15.6. The van der Waals surface area contributed by atoms with Gasteiger partial charge in [0.1, 0.15) is 0 Å². The van der Waals surface area contributed by atoms with Gasteiger partial charge in [0, 0.05) is 17.8 Å². The molecule has 0 bridgehead atoms. The number of nitrogens with zero attached hydrogens (tertiary/aromatic N) is 2. The van der Waals surface area contributed by atoms with Gasteiger partial charge < -0.3 is 0 Å². The molecule has 0 spiro atoms. The Hall–Kier alpha value is -2.00. The Bertz CT molecular complexity index is 808. The first-order valence-electron chi connectivity index (χ1n) is 5.69. The third-order valence-electron chi connectivity index (χ3n) is 2.68. The van der Waals surface area contributed by atoms with E-state index < -0.39 is 14.9 Å². The lowest BCUT2D eigenvalue weighted by Crippen LogP contribution is -2.14. The van der Waals surface area contributed by atoms with Crippen LogP contribution in [0.15, 0.2) is 45.9 Å². The second-order valence-corrected chi connectivity index (χ2v) is 6.68. The van der Waals surface area contributed by atoms with Crippen molar-refractivity contribution in [1.82, 2.24) is 4.98 Å². The molecule has 2 aromatic rings. The standard InChI is InChI=1S/C12H10BrN3O4S/c1-8-4-5-9(7-11(8)16(17)18)21(19,20)15-12-10(13)3-2-6-14-12/h2-7H,1H3,(H,14,15). The van der Waals surface area contributed by atoms with Gasteiger partial charge in [-0.05, 0) is 41.1 Å². The summed E-state index contributed by atoms with van der Waals surface area (Å²) in [5, 5.41) is 10.9. The van der Waals surface area contributed by atoms with E-state index in [1.807, 2.05) is 0 Å². The topological polar surface area (TPSA) is 102 Å². The van der Waals surface area contributed by atoms with Crippen molar-refractivity contribution in [2.45, 2.75) is 11.8 Å². The van der Waals surface area contributed by atoms with Gasteiger partial charge in [0.2, 0.25) is 0 Å². The maximum atomic E-state index is 12.2. The van der Waals surface area contributed by atoms with Crippen LogP contribution >= 0.6 is 15.9 Å². The molecular formula is C12H10BrN3O4S. The molecule has 0 aliphatic rings. The van der Waals surface area contributed by atoms with Crippen LogP contribution in [0.1, 0.15) is 5.56 Å². The van der Waals surface area contributed by atoms with Crippen molar-refractivity contribution in [2.24, 2.45) is 0 Å². The number of aromatic nitrogens is 1. The summed E-state index contributed by atoms with van der Waals surface area (Å²) in [6.07, 6.45) is 1.43. The molecule has 0 unspecified atom stereocenters. The van der Waals surface area contributed by atoms with Gasteiger partial charge >= 0.3 is 0 Å². The molecule has 1 aromatic carbocycles. The van der Waals surface area contributed by atoms with Crippen LogP contribution in [-0.2, 0) is 10.0 Å². The molecule has 9 heteroatoms. The van der Waals surface area contributed by atoms with Gasteiger partial charge in [-0.2, -0.15) is 0 Å². The number of anilines is 1. The Morgan fingerprint density at radius 2 is 2.05 bits per heavy atom. The van der Waals surface area contributed by atoms with Crippen LogP contribution in [0.3, 0.4) is 0 Å². The molecule has 1 heterocycles. The molecule has 0 aliphatic heterocycles. The van der Waals surface area contributed by atoms with Crippen molar-refractivity contribution in [3.8, 4) is 0 Å². The zero-order valence-electron chi connectivity index (χ0n) is 10.8. The fourth-order valence-electron chi connectivity index (χ4n) is 1.60. The first-order chi connectivity index (χ1) is 9.81. The molecule has 0 aliphatic carbocycles. The molecule has 0 saturated heterocycles. The van der Waals surface area contributed by atoms with E-state index in [2.05, 4.69) is 25.6 Å². The van der Waals surface area contributed by atoms with Crippen molar-refractivity contribution in [2.75, 3.05) is 4.72 Å². The first-order valence-corrected chi connectivity index (χ1v) is 7.97. The highest BCUT2D eigenvalue weighted by molar-refractivity contribution is 9.10. The minimum Gasteiger partial charge on any atom is -0.262 e. The third-order valence-corrected chi connectivity index (χ3v) is 4.65. The Kier molecular flexibility index (Phi) is 4.24. The quantitative estimate of drug-likeness (QED) is 0.657. The van der Waals surface area contributed by atoms with Crippen LogP contribution in [0.5, 0.6) is 0 Å². The fraction of sp³-hybridized carbons (Fsp3) is 0.0833. The number of halogens is 1. The Morgan fingerprint density at radius 3 is 2.67 bits per heavy atom. The van der Waals surface area contributed by atoms with E-state index in [1.54, 1.807) is 12.1 Å². The Balaban J connectivity index is 2.43. The van der Waals surface area contributed by atoms with E-state index >= 15 is 0 Å². The molecule has 0 radical (unpaired) electrons. The minimum absolute atomic E-state index is 0.112. The van der Waals surface area contributed by atoms with E-state index in [0.717, 1.165) is 6.07 Å². The molecule has 0 atom stereocenters. The number of pyridine rings is 1. The second kappa shape index (κ2) is 5.78. The molecule has 1 aromatic heterocycles. The number of benzene rings is 1. The lowest BCUT2D eigenvalue weighted by molar-refractivity contribution is -0.385. The van der Waals surface area contributed by atoms with Crippen molar-refractivity contribution in [3.05, 3.63) is 56.7 Å². The summed E-state index contributed by atoms with van der Waals surface area (Å²) in [6, 6.07) is 6.98. The number of hydrogen-bond acceptors (Lipinski definition) is 5. The highest BCUT2D eigenvalue weighted by Crippen LogP contribution is 2.25. The third kappa shape index (κ3) is 3.37. The molecular weight excluding hydrogens is 362 g/mol. The lowest BCUT2D eigenvalue weighted by Gasteiger charge is -2.09. The predicted octanol–water partition coefficient (Wildman–Crippen LogP) is 2.86. The second-order valence-electron chi connectivity index (χ2n) is 4.14. The molecule has 0 saturated carbocycles. The molecule has 21 heavy (non-hydrogen) atoms. The molecule has 110 valence electrons. The monoisotopic (exact) mass is 371 g/mol. The van der Waals surface area contributed by atoms with Crippen LogP contribution in [0, 0.1) is 17.0 Å². The lowest BCUT2D eigenvalue weighted by atomic mass is 10.2. The number of rotatable bonds is 4. The van der Waals surface area contributed by atoms with Gasteiger partial charge in [0.25, 0.3) is 15.7 Å². The number of nitrogens with one attached hydrogen (secondary N) is 1. The molecule has 0 fully saturated rings. The Morgan fingerprint density at radius 1 is 1.33 bits per heavy atom. The number of aryl methyl sites for hydroxylation is 1. The van der Waals surface area contributed by atoms with Gasteiger partial charge in [0.05, 0.1) is 14.3 Å². The van der Waals surface area contributed by atoms with Crippen molar-refractivity contribution in [1.29, 1.82) is 0 Å². The minimum atomic E-state index is -3.96. The van der Waals surface area contributed by atoms with Gasteiger partial charge in [-0.25, -0.2) is 13.4 Å². The summed E-state index contributed by atoms with van der Waals surface area (Å²) in [4.78, 5) is 14.0. The van der Waals surface area contributed by atoms with Crippen molar-refractivity contribution >= 4 is 37.5 Å². The summed E-state index contributed by atoms with van der Waals surface area (Å²) in [7, 11) is -3.96. The number of nitro groups is 1. The average Bonchev–Trinajstić information content (AvgIpc) is 2.41. The normalized spacial score (nSPS) is 11.1. The van der Waals surface area contributed by atoms with Crippen LogP contribution in [0.25, 0.3) is 0 Å². The average molecular weight is 372 g/mol. The van der Waals surface area contributed by atoms with Crippen molar-refractivity contribution in [3.63, 3.8) is 0 Å². The van der Waals surface area contributed by atoms with Gasteiger partial charge in [-0.3, -0.25) is 14.8 Å². The van der Waals surface area contributed by atoms with Gasteiger partial charge in [0.15, 0.2) is 5.82 Å². The predicted molar refractivity (Wildman–Crippen MR) is 80.6 cm³/mol. The highest BCUT2D eigenvalue weighted by atomic mass is 79.9. The van der Waals surface area contributed by atoms with E-state index in [-0.39, 0.29) is 16.4 Å². The summed E-state index contributed by atoms with van der Waals surface area (Å²) in [5.41, 5.74) is 0.135. The summed E-state index contributed by atoms with van der Waals surface area (Å²) in [6.45, 7) is 1.54. The molecule has 0 amide bonds. The van der Waals surface area contributed by atoms with E-state index in [1.165, 1.54) is 25.3 Å². The molecule has 1 N–H and O–H groups in total. The SMILES string of the molecule is Cc1ccc(S(=O)(=O)Nc2ncccc2Br)cc1[N+](=O)[O-]. The molecule has 7 nitrogen and oxygen atoms in total. The highest BCUT2D eigenvalue weighted by Gasteiger charge is 2.20. The van der Waals surface area contributed by atoms with Crippen LogP contribution in [0.2, 0.25) is 0 Å². The number of hydrogen-bond donors (Lipinski definition) is 1. The van der Waals surface area contributed by atoms with E-state index in [4.69, 9.17) is 0 Å². The fourth-order valence-corrected chi connectivity index (χ4v) is 3.13. The van der Waals surface area contributed by atoms with Crippen LogP contribution < -0.4 is 4.72 Å². The smallest absolute Gasteiger partial charge is 0.262 e. The Labute approximate surface area is 129 Å². The maximum absolute atomic E-state index is 12.2. The zero-order valence-corrected chi connectivity index (χ0v) is 13.2. The first kappa shape index (κ1) is 15.4. The maximum Gasteiger partial charge on any atom is 0.273 e. The number of nitro benzene ring substituents is 1. The van der Waals surface area contributed by atoms with E-state index in [9.17, 15) is 18.5 Å². The van der Waals surface area contributed by atoms with E-state index in [0.29, 0.717) is 10.0 Å². The van der Waals surface area contributed by atoms with Crippen LogP contribution in [-0.4, -0.2) is 18.3 Å². The number of sulfonamides is 1. The summed E-state index contributed by atoms with van der Waals surface area (Å²) in [5.74, 6) is 0.112. The summed E-state index contributed by atoms with van der Waals surface area (Å²) < 4.78 is 27.2. The molecule has 2 rings (SSSR count). The summed E-state index contributed by atoms with van der Waals surface area (Å²) >= 11 is 3.17. The van der Waals surface area contributed by atoms with Gasteiger partial charge in [-0.15, -0.1) is 0 Å². The largest absolute Gasteiger partial charge is 0.273 e. The van der Waals surface area contributed by atoms with Crippen LogP contribution in [0.4, 0.5) is 11.5 Å². The van der Waals surface area contributed by atoms with Gasteiger partial charge in [-0.1, -0.05) is 6.07 Å². The van der Waals surface area contributed by atoms with Crippen molar-refractivity contribution < 1.29 is 13.3 Å².